The molecule has 2 rings (SSSR count). The summed E-state index contributed by atoms with van der Waals surface area (Å²) < 4.78 is 0. The van der Waals surface area contributed by atoms with Crippen molar-refractivity contribution in [2.45, 2.75) is 12.8 Å². The average Bonchev–Trinajstić information content (AvgIpc) is 3.01. The summed E-state index contributed by atoms with van der Waals surface area (Å²) in [4.78, 5) is 24.3. The topological polar surface area (TPSA) is 61.4 Å². The van der Waals surface area contributed by atoms with Gasteiger partial charge in [-0.1, -0.05) is 0 Å². The molecule has 1 aliphatic heterocycles. The van der Waals surface area contributed by atoms with Crippen molar-refractivity contribution in [2.24, 2.45) is 5.92 Å². The monoisotopic (exact) mass is 247 g/mol. The molecular weight excluding hydrogens is 230 g/mol. The zero-order valence-corrected chi connectivity index (χ0v) is 10.0. The van der Waals surface area contributed by atoms with E-state index in [1.807, 2.05) is 0 Å². The van der Waals surface area contributed by atoms with Crippen molar-refractivity contribution in [3.8, 4) is 0 Å². The van der Waals surface area contributed by atoms with Crippen LogP contribution in [-0.2, 0) is 9.59 Å². The van der Waals surface area contributed by atoms with E-state index in [1.165, 1.54) is 12.8 Å². The minimum Gasteiger partial charge on any atom is -0.353 e. The molecule has 2 N–H and O–H groups in total. The van der Waals surface area contributed by atoms with Crippen molar-refractivity contribution in [3.63, 3.8) is 0 Å². The maximum atomic E-state index is 11.6. The first-order chi connectivity index (χ1) is 7.25. The molecule has 0 bridgehead atoms. The number of nitrogens with zero attached hydrogens (tertiary/aromatic N) is 1. The van der Waals surface area contributed by atoms with Crippen LogP contribution in [-0.4, -0.2) is 49.4 Å². The highest BCUT2D eigenvalue weighted by Gasteiger charge is 2.23. The molecule has 0 aromatic heterocycles. The van der Waals surface area contributed by atoms with Crippen LogP contribution in [0.5, 0.6) is 0 Å². The maximum absolute atomic E-state index is 11.6. The lowest BCUT2D eigenvalue weighted by Gasteiger charge is -2.26. The molecule has 1 saturated heterocycles. The number of amides is 2. The first-order valence-corrected chi connectivity index (χ1v) is 5.51. The smallest absolute Gasteiger partial charge is 0.239 e. The van der Waals surface area contributed by atoms with Crippen LogP contribution in [0.15, 0.2) is 0 Å². The van der Waals surface area contributed by atoms with Gasteiger partial charge >= 0.3 is 0 Å². The molecule has 0 aromatic rings. The lowest BCUT2D eigenvalue weighted by molar-refractivity contribution is -0.137. The Morgan fingerprint density at radius 3 is 2.88 bits per heavy atom. The third-order valence-corrected chi connectivity index (χ3v) is 2.80. The Morgan fingerprint density at radius 1 is 1.50 bits per heavy atom. The van der Waals surface area contributed by atoms with Gasteiger partial charge in [0, 0.05) is 13.1 Å². The summed E-state index contributed by atoms with van der Waals surface area (Å²) in [6.45, 7) is 2.72. The van der Waals surface area contributed by atoms with Crippen LogP contribution in [0.4, 0.5) is 0 Å². The van der Waals surface area contributed by atoms with Crippen molar-refractivity contribution in [3.05, 3.63) is 0 Å². The number of carbonyl (C=O) groups is 2. The van der Waals surface area contributed by atoms with Gasteiger partial charge in [-0.15, -0.1) is 12.4 Å². The highest BCUT2D eigenvalue weighted by molar-refractivity contribution is 5.86. The molecule has 6 heteroatoms. The second kappa shape index (κ2) is 6.06. The fourth-order valence-corrected chi connectivity index (χ4v) is 1.67. The van der Waals surface area contributed by atoms with Crippen LogP contribution in [0.2, 0.25) is 0 Å². The van der Waals surface area contributed by atoms with Gasteiger partial charge in [0.25, 0.3) is 0 Å². The molecule has 2 aliphatic rings. The molecule has 0 spiro atoms. The molecule has 92 valence electrons. The van der Waals surface area contributed by atoms with E-state index in [0.717, 1.165) is 12.5 Å². The zero-order chi connectivity index (χ0) is 10.7. The molecule has 0 radical (unpaired) electrons. The molecule has 2 fully saturated rings. The second-order valence-electron chi connectivity index (χ2n) is 4.24. The van der Waals surface area contributed by atoms with E-state index in [-0.39, 0.29) is 30.8 Å². The molecule has 16 heavy (non-hydrogen) atoms. The Hall–Kier alpha value is -0.810. The Kier molecular flexibility index (Phi) is 5.02. The van der Waals surface area contributed by atoms with Gasteiger partial charge in [-0.2, -0.15) is 0 Å². The zero-order valence-electron chi connectivity index (χ0n) is 9.20. The third-order valence-electron chi connectivity index (χ3n) is 2.80. The summed E-state index contributed by atoms with van der Waals surface area (Å²) in [6, 6.07) is 0. The van der Waals surface area contributed by atoms with Gasteiger partial charge < -0.3 is 15.5 Å². The first kappa shape index (κ1) is 13.3. The Balaban J connectivity index is 0.00000128. The van der Waals surface area contributed by atoms with E-state index >= 15 is 0 Å². The maximum Gasteiger partial charge on any atom is 0.239 e. The van der Waals surface area contributed by atoms with E-state index in [4.69, 9.17) is 0 Å². The molecular formula is C10H18ClN3O2. The number of piperazine rings is 1. The standard InChI is InChI=1S/C10H17N3O2.ClH/c14-9-7-13(4-3-12-9)10(15)6-11-5-8-1-2-8;/h8,11H,1-7H2,(H,12,14);1H. The number of hydrogen-bond acceptors (Lipinski definition) is 3. The van der Waals surface area contributed by atoms with Gasteiger partial charge in [-0.3, -0.25) is 9.59 Å². The van der Waals surface area contributed by atoms with Crippen LogP contribution < -0.4 is 10.6 Å². The summed E-state index contributed by atoms with van der Waals surface area (Å²) in [7, 11) is 0. The number of nitrogens with one attached hydrogen (secondary N) is 2. The fourth-order valence-electron chi connectivity index (χ4n) is 1.67. The van der Waals surface area contributed by atoms with Crippen molar-refractivity contribution in [1.82, 2.24) is 15.5 Å². The number of hydrogen-bond donors (Lipinski definition) is 2. The number of halogens is 1. The Bertz CT molecular complexity index is 269. The lowest BCUT2D eigenvalue weighted by atomic mass is 10.3. The molecule has 1 heterocycles. The van der Waals surface area contributed by atoms with E-state index in [2.05, 4.69) is 10.6 Å². The summed E-state index contributed by atoms with van der Waals surface area (Å²) in [5.41, 5.74) is 0. The number of rotatable bonds is 4. The minimum atomic E-state index is -0.0585. The van der Waals surface area contributed by atoms with Gasteiger partial charge in [0.2, 0.25) is 11.8 Å². The van der Waals surface area contributed by atoms with Crippen molar-refractivity contribution < 1.29 is 9.59 Å². The summed E-state index contributed by atoms with van der Waals surface area (Å²) in [5, 5.41) is 5.83. The quantitative estimate of drug-likeness (QED) is 0.695. The first-order valence-electron chi connectivity index (χ1n) is 5.51. The molecule has 1 aliphatic carbocycles. The van der Waals surface area contributed by atoms with Crippen LogP contribution in [0.1, 0.15) is 12.8 Å². The van der Waals surface area contributed by atoms with Crippen LogP contribution >= 0.6 is 12.4 Å². The van der Waals surface area contributed by atoms with Gasteiger partial charge in [0.05, 0.1) is 13.1 Å². The van der Waals surface area contributed by atoms with E-state index in [1.54, 1.807) is 4.90 Å². The largest absolute Gasteiger partial charge is 0.353 e. The SMILES string of the molecule is Cl.O=C1CN(C(=O)CNCC2CC2)CCN1. The highest BCUT2D eigenvalue weighted by Crippen LogP contribution is 2.27. The molecule has 2 amide bonds. The molecule has 5 nitrogen and oxygen atoms in total. The Morgan fingerprint density at radius 2 is 2.25 bits per heavy atom. The van der Waals surface area contributed by atoms with Crippen LogP contribution in [0.25, 0.3) is 0 Å². The van der Waals surface area contributed by atoms with Crippen molar-refractivity contribution in [2.75, 3.05) is 32.7 Å². The molecule has 0 atom stereocenters. The van der Waals surface area contributed by atoms with Crippen LogP contribution in [0, 0.1) is 5.92 Å². The van der Waals surface area contributed by atoms with Gasteiger partial charge in [-0.05, 0) is 25.3 Å². The average molecular weight is 248 g/mol. The molecule has 1 saturated carbocycles. The van der Waals surface area contributed by atoms with Crippen LogP contribution in [0.3, 0.4) is 0 Å². The highest BCUT2D eigenvalue weighted by atomic mass is 35.5. The van der Waals surface area contributed by atoms with Crippen molar-refractivity contribution in [1.29, 1.82) is 0 Å². The summed E-state index contributed by atoms with van der Waals surface area (Å²) in [5.74, 6) is 0.754. The number of carbonyl (C=O) groups excluding carboxylic acids is 2. The second-order valence-corrected chi connectivity index (χ2v) is 4.24. The van der Waals surface area contributed by atoms with Crippen molar-refractivity contribution >= 4 is 24.2 Å². The predicted molar refractivity (Wildman–Crippen MR) is 62.4 cm³/mol. The minimum absolute atomic E-state index is 0. The predicted octanol–water partition coefficient (Wildman–Crippen LogP) is -0.634. The molecule has 0 unspecified atom stereocenters. The fraction of sp³-hybridized carbons (Fsp3) is 0.800. The lowest BCUT2D eigenvalue weighted by Crippen LogP contribution is -2.52. The third kappa shape index (κ3) is 3.98. The van der Waals surface area contributed by atoms with E-state index in [0.29, 0.717) is 19.6 Å². The van der Waals surface area contributed by atoms with Gasteiger partial charge in [-0.25, -0.2) is 0 Å². The van der Waals surface area contributed by atoms with Gasteiger partial charge in [0.15, 0.2) is 0 Å². The summed E-state index contributed by atoms with van der Waals surface area (Å²) >= 11 is 0. The van der Waals surface area contributed by atoms with Gasteiger partial charge in [0.1, 0.15) is 0 Å². The summed E-state index contributed by atoms with van der Waals surface area (Å²) in [6.07, 6.45) is 2.57. The van der Waals surface area contributed by atoms with E-state index < -0.39 is 0 Å². The molecule has 0 aromatic carbocycles. The van der Waals surface area contributed by atoms with E-state index in [9.17, 15) is 9.59 Å². The Labute approximate surface area is 101 Å². The normalized spacial score (nSPS) is 20.0.